The van der Waals surface area contributed by atoms with E-state index in [1.807, 2.05) is 17.6 Å². The Bertz CT molecular complexity index is 492. The molecule has 0 fully saturated rings. The third-order valence-electron chi connectivity index (χ3n) is 1.78. The Kier molecular flexibility index (Phi) is 3.18. The monoisotopic (exact) mass is 265 g/mol. The summed E-state index contributed by atoms with van der Waals surface area (Å²) in [7, 11) is 0. The molecule has 70 valence electrons. The molecule has 1 heterocycles. The molecule has 0 atom stereocenters. The molecule has 0 amide bonds. The predicted molar refractivity (Wildman–Crippen MR) is 64.9 cm³/mol. The Morgan fingerprint density at radius 2 is 2.36 bits per heavy atom. The average molecular weight is 266 g/mol. The lowest BCUT2D eigenvalue weighted by molar-refractivity contribution is 1.32. The van der Waals surface area contributed by atoms with Crippen LogP contribution in [0.15, 0.2) is 23.7 Å². The quantitative estimate of drug-likeness (QED) is 0.569. The minimum atomic E-state index is 0.884. The van der Waals surface area contributed by atoms with Crippen LogP contribution in [0.5, 0.6) is 0 Å². The molecule has 0 N–H and O–H groups in total. The van der Waals surface area contributed by atoms with Gasteiger partial charge in [0.15, 0.2) is 0 Å². The van der Waals surface area contributed by atoms with Gasteiger partial charge in [-0.2, -0.15) is 0 Å². The van der Waals surface area contributed by atoms with Crippen molar-refractivity contribution in [2.75, 3.05) is 5.33 Å². The standard InChI is InChI=1S/C11H8BrNS/c12-6-2-1-3-9-4-5-11-10(7-9)13-8-14-11/h4-5,7-8H,2,6H2. The molecule has 0 aliphatic heterocycles. The highest BCUT2D eigenvalue weighted by molar-refractivity contribution is 9.09. The number of alkyl halides is 1. The van der Waals surface area contributed by atoms with Crippen molar-refractivity contribution in [2.24, 2.45) is 0 Å². The number of fused-ring (bicyclic) bond motifs is 1. The summed E-state index contributed by atoms with van der Waals surface area (Å²) in [5, 5.41) is 0.930. The normalized spacial score (nSPS) is 9.79. The van der Waals surface area contributed by atoms with E-state index in [0.29, 0.717) is 0 Å². The van der Waals surface area contributed by atoms with Crippen LogP contribution < -0.4 is 0 Å². The van der Waals surface area contributed by atoms with E-state index in [-0.39, 0.29) is 0 Å². The van der Waals surface area contributed by atoms with Crippen molar-refractivity contribution >= 4 is 37.5 Å². The second-order valence-corrected chi connectivity index (χ2v) is 4.45. The van der Waals surface area contributed by atoms with Gasteiger partial charge in [0.05, 0.1) is 15.7 Å². The number of halogens is 1. The molecule has 0 radical (unpaired) electrons. The summed E-state index contributed by atoms with van der Waals surface area (Å²) in [6.45, 7) is 0. The van der Waals surface area contributed by atoms with Gasteiger partial charge in [-0.3, -0.25) is 0 Å². The molecular weight excluding hydrogens is 258 g/mol. The van der Waals surface area contributed by atoms with Crippen LogP contribution in [0.25, 0.3) is 10.2 Å². The molecule has 0 spiro atoms. The van der Waals surface area contributed by atoms with Gasteiger partial charge in [-0.1, -0.05) is 27.8 Å². The molecule has 1 aromatic heterocycles. The van der Waals surface area contributed by atoms with Crippen molar-refractivity contribution in [3.63, 3.8) is 0 Å². The zero-order valence-electron chi connectivity index (χ0n) is 7.46. The van der Waals surface area contributed by atoms with E-state index in [2.05, 4.69) is 38.8 Å². The summed E-state index contributed by atoms with van der Waals surface area (Å²) in [4.78, 5) is 4.25. The third-order valence-corrected chi connectivity index (χ3v) is 2.99. The van der Waals surface area contributed by atoms with Crippen LogP contribution >= 0.6 is 27.3 Å². The Labute approximate surface area is 95.3 Å². The summed E-state index contributed by atoms with van der Waals surface area (Å²) >= 11 is 5.00. The summed E-state index contributed by atoms with van der Waals surface area (Å²) in [6.07, 6.45) is 0.884. The zero-order valence-corrected chi connectivity index (χ0v) is 9.86. The largest absolute Gasteiger partial charge is 0.245 e. The Balaban J connectivity index is 2.31. The van der Waals surface area contributed by atoms with E-state index in [1.165, 1.54) is 4.70 Å². The highest BCUT2D eigenvalue weighted by Gasteiger charge is 1.95. The Morgan fingerprint density at radius 1 is 1.43 bits per heavy atom. The average Bonchev–Trinajstić information content (AvgIpc) is 2.65. The van der Waals surface area contributed by atoms with Crippen LogP contribution in [-0.2, 0) is 0 Å². The summed E-state index contributed by atoms with van der Waals surface area (Å²) in [5.41, 5.74) is 3.95. The van der Waals surface area contributed by atoms with Crippen LogP contribution in [0.4, 0.5) is 0 Å². The van der Waals surface area contributed by atoms with Crippen molar-refractivity contribution in [1.29, 1.82) is 0 Å². The zero-order chi connectivity index (χ0) is 9.80. The molecule has 2 rings (SSSR count). The number of benzene rings is 1. The maximum atomic E-state index is 4.25. The molecule has 0 aliphatic carbocycles. The van der Waals surface area contributed by atoms with Crippen molar-refractivity contribution in [1.82, 2.24) is 4.98 Å². The van der Waals surface area contributed by atoms with Crippen LogP contribution in [-0.4, -0.2) is 10.3 Å². The number of hydrogen-bond acceptors (Lipinski definition) is 2. The van der Waals surface area contributed by atoms with Crippen LogP contribution in [0.1, 0.15) is 12.0 Å². The van der Waals surface area contributed by atoms with E-state index in [9.17, 15) is 0 Å². The SMILES string of the molecule is BrCCC#Cc1ccc2scnc2c1. The summed E-state index contributed by atoms with van der Waals surface area (Å²) in [5.74, 6) is 6.20. The van der Waals surface area contributed by atoms with Gasteiger partial charge in [-0.25, -0.2) is 4.98 Å². The van der Waals surface area contributed by atoms with E-state index in [4.69, 9.17) is 0 Å². The third kappa shape index (κ3) is 2.14. The molecule has 0 unspecified atom stereocenters. The van der Waals surface area contributed by atoms with Gasteiger partial charge in [0.25, 0.3) is 0 Å². The lowest BCUT2D eigenvalue weighted by atomic mass is 10.2. The second kappa shape index (κ2) is 4.59. The number of thiazole rings is 1. The molecule has 1 nitrogen and oxygen atoms in total. The molecular formula is C11H8BrNS. The molecule has 1 aromatic carbocycles. The molecule has 0 aliphatic rings. The van der Waals surface area contributed by atoms with E-state index < -0.39 is 0 Å². The van der Waals surface area contributed by atoms with Gasteiger partial charge < -0.3 is 0 Å². The van der Waals surface area contributed by atoms with Crippen LogP contribution in [0.2, 0.25) is 0 Å². The lowest BCUT2D eigenvalue weighted by Crippen LogP contribution is -1.75. The molecule has 14 heavy (non-hydrogen) atoms. The van der Waals surface area contributed by atoms with Crippen molar-refractivity contribution < 1.29 is 0 Å². The smallest absolute Gasteiger partial charge is 0.0824 e. The fourth-order valence-electron chi connectivity index (χ4n) is 1.15. The minimum Gasteiger partial charge on any atom is -0.245 e. The van der Waals surface area contributed by atoms with Crippen LogP contribution in [0, 0.1) is 11.8 Å². The van der Waals surface area contributed by atoms with E-state index in [0.717, 1.165) is 22.8 Å². The molecule has 0 saturated carbocycles. The first kappa shape index (κ1) is 9.70. The summed E-state index contributed by atoms with van der Waals surface area (Å²) in [6, 6.07) is 6.15. The first-order chi connectivity index (χ1) is 6.90. The topological polar surface area (TPSA) is 12.9 Å². The van der Waals surface area contributed by atoms with Gasteiger partial charge in [0.1, 0.15) is 0 Å². The van der Waals surface area contributed by atoms with Gasteiger partial charge in [-0.15, -0.1) is 11.3 Å². The molecule has 0 bridgehead atoms. The first-order valence-electron chi connectivity index (χ1n) is 4.28. The predicted octanol–water partition coefficient (Wildman–Crippen LogP) is 3.43. The fourth-order valence-corrected chi connectivity index (χ4v) is 2.00. The van der Waals surface area contributed by atoms with E-state index in [1.54, 1.807) is 11.3 Å². The van der Waals surface area contributed by atoms with Gasteiger partial charge >= 0.3 is 0 Å². The van der Waals surface area contributed by atoms with Gasteiger partial charge in [-0.05, 0) is 18.2 Å². The minimum absolute atomic E-state index is 0.884. The summed E-state index contributed by atoms with van der Waals surface area (Å²) < 4.78 is 1.22. The maximum absolute atomic E-state index is 4.25. The second-order valence-electron chi connectivity index (χ2n) is 2.78. The number of hydrogen-bond donors (Lipinski definition) is 0. The van der Waals surface area contributed by atoms with Crippen molar-refractivity contribution in [2.45, 2.75) is 6.42 Å². The van der Waals surface area contributed by atoms with Gasteiger partial charge in [0, 0.05) is 17.3 Å². The molecule has 0 saturated heterocycles. The molecule has 3 heteroatoms. The Hall–Kier alpha value is -0.850. The van der Waals surface area contributed by atoms with E-state index >= 15 is 0 Å². The maximum Gasteiger partial charge on any atom is 0.0824 e. The highest BCUT2D eigenvalue weighted by Crippen LogP contribution is 2.18. The molecule has 2 aromatic rings. The van der Waals surface area contributed by atoms with Gasteiger partial charge in [0.2, 0.25) is 0 Å². The fraction of sp³-hybridized carbons (Fsp3) is 0.182. The number of rotatable bonds is 1. The highest BCUT2D eigenvalue weighted by atomic mass is 79.9. The Morgan fingerprint density at radius 3 is 3.21 bits per heavy atom. The first-order valence-corrected chi connectivity index (χ1v) is 6.28. The number of aromatic nitrogens is 1. The van der Waals surface area contributed by atoms with Crippen molar-refractivity contribution in [3.8, 4) is 11.8 Å². The van der Waals surface area contributed by atoms with Crippen LogP contribution in [0.3, 0.4) is 0 Å². The van der Waals surface area contributed by atoms with Crippen molar-refractivity contribution in [3.05, 3.63) is 29.3 Å². The number of nitrogens with zero attached hydrogens (tertiary/aromatic N) is 1. The lowest BCUT2D eigenvalue weighted by Gasteiger charge is -1.89.